The van der Waals surface area contributed by atoms with Crippen molar-refractivity contribution in [1.29, 1.82) is 0 Å². The predicted octanol–water partition coefficient (Wildman–Crippen LogP) is -1.46. The van der Waals surface area contributed by atoms with E-state index in [0.29, 0.717) is 16.6 Å². The van der Waals surface area contributed by atoms with E-state index in [9.17, 15) is 0 Å². The topological polar surface area (TPSA) is 64.5 Å². The van der Waals surface area contributed by atoms with E-state index >= 15 is 0 Å². The molecule has 0 saturated heterocycles. The van der Waals surface area contributed by atoms with Crippen LogP contribution in [0.1, 0.15) is 0 Å². The van der Waals surface area contributed by atoms with Crippen molar-refractivity contribution in [3.8, 4) is 0 Å². The van der Waals surface area contributed by atoms with E-state index < -0.39 is 0 Å². The maximum atomic E-state index is 7.13. The molecule has 3 nitrogen and oxygen atoms in total. The molecule has 0 aliphatic heterocycles. The Morgan fingerprint density at radius 3 is 1.60 bits per heavy atom. The van der Waals surface area contributed by atoms with Crippen molar-refractivity contribution < 1.29 is 9.20 Å². The summed E-state index contributed by atoms with van der Waals surface area (Å²) in [6, 6.07) is 0. The minimum atomic E-state index is 0. The maximum absolute atomic E-state index is 7.13. The number of hydrogen-bond donors (Lipinski definition) is 2. The van der Waals surface area contributed by atoms with Crippen LogP contribution in [0.2, 0.25) is 0 Å². The van der Waals surface area contributed by atoms with E-state index in [0.717, 1.165) is 0 Å². The molecule has 0 aliphatic carbocycles. The third-order valence-electron chi connectivity index (χ3n) is 0. The van der Waals surface area contributed by atoms with Crippen LogP contribution in [0.25, 0.3) is 0 Å². The molecule has 0 aromatic heterocycles. The average molecular weight is 103 g/mol. The predicted molar refractivity (Wildman–Crippen MR) is 24.4 cm³/mol. The van der Waals surface area contributed by atoms with Crippen molar-refractivity contribution in [2.75, 3.05) is 0 Å². The van der Waals surface area contributed by atoms with Crippen LogP contribution in [-0.2, 0) is 3.94 Å². The van der Waals surface area contributed by atoms with Gasteiger partial charge in [0.15, 0.2) is 0 Å². The first-order chi connectivity index (χ1) is 1.41. The van der Waals surface area contributed by atoms with Crippen molar-refractivity contribution in [3.05, 3.63) is 0 Å². The Balaban J connectivity index is -0.0000000200. The molecule has 0 aromatic rings. The Morgan fingerprint density at radius 1 is 1.60 bits per heavy atom. The zero-order valence-electron chi connectivity index (χ0n) is 2.56. The van der Waals surface area contributed by atoms with E-state index in [1.165, 1.54) is 0 Å². The quantitative estimate of drug-likeness (QED) is 0.223. The summed E-state index contributed by atoms with van der Waals surface area (Å²) >= 11 is 0.424. The molecule has 0 aliphatic rings. The average Bonchev–Trinajstić information content (AvgIpc) is 0.918. The van der Waals surface area contributed by atoms with Gasteiger partial charge < -0.3 is 10.1 Å². The van der Waals surface area contributed by atoms with Gasteiger partial charge in [0, 0.05) is 0 Å². The van der Waals surface area contributed by atoms with Crippen LogP contribution < -0.4 is 6.15 Å². The third kappa shape index (κ3) is 31.6. The van der Waals surface area contributed by atoms with Crippen LogP contribution >= 0.6 is 0 Å². The normalized spacial score (nSPS) is 3.40. The van der Waals surface area contributed by atoms with Gasteiger partial charge in [-0.25, -0.2) is 0 Å². The van der Waals surface area contributed by atoms with Gasteiger partial charge in [-0.1, -0.05) is 0 Å². The summed E-state index contributed by atoms with van der Waals surface area (Å²) < 4.78 is 3.39. The molecule has 4 N–H and O–H groups in total. The molecular formula is H7AlNNaO2. The van der Waals surface area contributed by atoms with Crippen molar-refractivity contribution in [1.82, 2.24) is 6.15 Å². The van der Waals surface area contributed by atoms with Crippen molar-refractivity contribution >= 4 is 46.2 Å². The van der Waals surface area contributed by atoms with Crippen molar-refractivity contribution in [2.24, 2.45) is 0 Å². The second-order valence-corrected chi connectivity index (χ2v) is 0.548. The molecule has 0 radical (unpaired) electrons. The zero-order chi connectivity index (χ0) is 2.71. The first kappa shape index (κ1) is 16.1. The van der Waals surface area contributed by atoms with Crippen LogP contribution in [0.4, 0.5) is 0 Å². The molecule has 0 amide bonds. The van der Waals surface area contributed by atoms with Crippen LogP contribution in [0.5, 0.6) is 0 Å². The first-order valence-corrected chi connectivity index (χ1v) is 1.41. The van der Waals surface area contributed by atoms with E-state index in [2.05, 4.69) is 3.94 Å². The molecule has 0 aromatic carbocycles. The summed E-state index contributed by atoms with van der Waals surface area (Å²) in [5.74, 6) is 0. The Morgan fingerprint density at radius 2 is 1.60 bits per heavy atom. The molecule has 0 spiro atoms. The molecule has 0 saturated carbocycles. The molecule has 0 bridgehead atoms. The standard InChI is InChI=1S/Al.H3N.Na.H2O2.3H/c;;;1-2;;;/h;1H3;;1-2H;;;/q+1;;;;;;/p-1. The van der Waals surface area contributed by atoms with Gasteiger partial charge in [-0.2, -0.15) is 0 Å². The molecule has 0 heterocycles. The molecule has 5 heteroatoms. The first-order valence-electron chi connectivity index (χ1n) is 0.591. The molecule has 0 rings (SSSR count). The Labute approximate surface area is 61.3 Å². The zero-order valence-corrected chi connectivity index (χ0v) is 4.56. The van der Waals surface area contributed by atoms with E-state index in [4.69, 9.17) is 5.26 Å². The van der Waals surface area contributed by atoms with Crippen LogP contribution in [-0.4, -0.2) is 51.4 Å². The Hall–Kier alpha value is 1.41. The third-order valence-corrected chi connectivity index (χ3v) is 0. The summed E-state index contributed by atoms with van der Waals surface area (Å²) in [4.78, 5) is 0. The fourth-order valence-corrected chi connectivity index (χ4v) is 0. The van der Waals surface area contributed by atoms with Gasteiger partial charge in [0.05, 0.1) is 0 Å². The van der Waals surface area contributed by atoms with E-state index in [1.807, 2.05) is 0 Å². The molecule has 0 fully saturated rings. The summed E-state index contributed by atoms with van der Waals surface area (Å²) in [5, 5.41) is 7.13. The Bertz CT molecular complexity index is 9.61. The summed E-state index contributed by atoms with van der Waals surface area (Å²) in [6.07, 6.45) is 0. The van der Waals surface area contributed by atoms with Gasteiger partial charge in [-0.15, -0.1) is 0 Å². The number of rotatable bonds is 0. The summed E-state index contributed by atoms with van der Waals surface area (Å²) in [5.41, 5.74) is 0. The number of hydrogen-bond acceptors (Lipinski definition) is 3. The second-order valence-electron chi connectivity index (χ2n) is 0.183. The van der Waals surface area contributed by atoms with Crippen LogP contribution in [0, 0.1) is 0 Å². The SMILES string of the molecule is N.O[O][AlH2].[NaH]. The van der Waals surface area contributed by atoms with E-state index in [-0.39, 0.29) is 35.7 Å². The Kier molecular flexibility index (Phi) is 58.4. The minimum absolute atomic E-state index is 0. The second kappa shape index (κ2) is 18.1. The molecule has 0 atom stereocenters. The molecule has 5 heavy (non-hydrogen) atoms. The van der Waals surface area contributed by atoms with Crippen LogP contribution in [0.3, 0.4) is 0 Å². The molecule has 28 valence electrons. The van der Waals surface area contributed by atoms with Crippen LogP contribution in [0.15, 0.2) is 0 Å². The monoisotopic (exact) mass is 103 g/mol. The molecular weight excluding hydrogens is 96.0 g/mol. The van der Waals surface area contributed by atoms with Gasteiger partial charge in [-0.3, -0.25) is 5.26 Å². The van der Waals surface area contributed by atoms with Gasteiger partial charge in [0.1, 0.15) is 0 Å². The van der Waals surface area contributed by atoms with Gasteiger partial charge in [0.2, 0.25) is 0 Å². The van der Waals surface area contributed by atoms with E-state index in [1.54, 1.807) is 0 Å². The fraction of sp³-hybridized carbons (Fsp3) is 0. The van der Waals surface area contributed by atoms with Gasteiger partial charge in [0.25, 0.3) is 0 Å². The molecule has 0 unspecified atom stereocenters. The van der Waals surface area contributed by atoms with Crippen molar-refractivity contribution in [3.63, 3.8) is 0 Å². The van der Waals surface area contributed by atoms with Crippen molar-refractivity contribution in [2.45, 2.75) is 0 Å². The van der Waals surface area contributed by atoms with Gasteiger partial charge >= 0.3 is 46.2 Å². The fourth-order valence-electron chi connectivity index (χ4n) is 0. The van der Waals surface area contributed by atoms with Gasteiger partial charge in [-0.05, 0) is 0 Å². The summed E-state index contributed by atoms with van der Waals surface area (Å²) in [7, 11) is 0. The summed E-state index contributed by atoms with van der Waals surface area (Å²) in [6.45, 7) is 0.